The van der Waals surface area contributed by atoms with E-state index in [1.165, 1.54) is 5.56 Å². The molecule has 0 radical (unpaired) electrons. The Morgan fingerprint density at radius 3 is 2.25 bits per heavy atom. The van der Waals surface area contributed by atoms with Gasteiger partial charge in [0.05, 0.1) is 17.4 Å². The summed E-state index contributed by atoms with van der Waals surface area (Å²) in [6.45, 7) is 8.30. The highest BCUT2D eigenvalue weighted by Crippen LogP contribution is 2.20. The number of hydrogen-bond donors (Lipinski definition) is 0. The summed E-state index contributed by atoms with van der Waals surface area (Å²) in [6.07, 6.45) is 1.39. The molecule has 0 aromatic heterocycles. The first kappa shape index (κ1) is 16.9. The third kappa shape index (κ3) is 4.44. The van der Waals surface area contributed by atoms with E-state index in [9.17, 15) is 9.00 Å². The second kappa shape index (κ2) is 8.20. The van der Waals surface area contributed by atoms with Gasteiger partial charge in [0.1, 0.15) is 5.25 Å². The second-order valence-corrected chi connectivity index (χ2v) is 6.69. The first-order valence-corrected chi connectivity index (χ1v) is 8.39. The number of hydrogen-bond acceptors (Lipinski definition) is 3. The van der Waals surface area contributed by atoms with Crippen LogP contribution in [0.5, 0.6) is 0 Å². The molecule has 4 heteroatoms. The number of esters is 1. The zero-order chi connectivity index (χ0) is 15.1. The summed E-state index contributed by atoms with van der Waals surface area (Å²) >= 11 is 0. The SMILES string of the molecule is CCCC(C(=O)OCC)S(=O)c1ccc(C(C)C)cc1. The highest BCUT2D eigenvalue weighted by molar-refractivity contribution is 7.86. The standard InChI is InChI=1S/C16H24O3S/c1-5-7-15(16(17)19-6-2)20(18)14-10-8-13(9-11-14)12(3)4/h8-12,15H,5-7H2,1-4H3. The van der Waals surface area contributed by atoms with Crippen molar-refractivity contribution in [2.24, 2.45) is 0 Å². The van der Waals surface area contributed by atoms with Crippen LogP contribution < -0.4 is 0 Å². The van der Waals surface area contributed by atoms with E-state index >= 15 is 0 Å². The van der Waals surface area contributed by atoms with Crippen LogP contribution in [0.25, 0.3) is 0 Å². The van der Waals surface area contributed by atoms with E-state index in [2.05, 4.69) is 13.8 Å². The van der Waals surface area contributed by atoms with Gasteiger partial charge in [0.15, 0.2) is 0 Å². The van der Waals surface area contributed by atoms with Crippen LogP contribution in [0, 0.1) is 0 Å². The molecule has 0 heterocycles. The summed E-state index contributed by atoms with van der Waals surface area (Å²) in [5.41, 5.74) is 1.20. The maximum Gasteiger partial charge on any atom is 0.322 e. The van der Waals surface area contributed by atoms with E-state index in [-0.39, 0.29) is 5.97 Å². The highest BCUT2D eigenvalue weighted by Gasteiger charge is 2.26. The molecular weight excluding hydrogens is 272 g/mol. The number of rotatable bonds is 7. The van der Waals surface area contributed by atoms with Gasteiger partial charge in [0.2, 0.25) is 0 Å². The normalized spacial score (nSPS) is 14.1. The van der Waals surface area contributed by atoms with Crippen LogP contribution in [0.1, 0.15) is 52.0 Å². The van der Waals surface area contributed by atoms with Crippen molar-refractivity contribution in [3.05, 3.63) is 29.8 Å². The lowest BCUT2D eigenvalue weighted by atomic mass is 10.0. The van der Waals surface area contributed by atoms with Gasteiger partial charge in [-0.3, -0.25) is 9.00 Å². The van der Waals surface area contributed by atoms with Crippen molar-refractivity contribution in [2.75, 3.05) is 6.61 Å². The molecule has 1 rings (SSSR count). The Labute approximate surface area is 124 Å². The van der Waals surface area contributed by atoms with Crippen molar-refractivity contribution < 1.29 is 13.7 Å². The summed E-state index contributed by atoms with van der Waals surface area (Å²) in [6, 6.07) is 7.67. The largest absolute Gasteiger partial charge is 0.465 e. The molecule has 0 aliphatic heterocycles. The van der Waals surface area contributed by atoms with Crippen LogP contribution in [-0.4, -0.2) is 22.0 Å². The Balaban J connectivity index is 2.91. The minimum atomic E-state index is -1.35. The van der Waals surface area contributed by atoms with E-state index in [0.717, 1.165) is 6.42 Å². The molecule has 0 aliphatic rings. The van der Waals surface area contributed by atoms with Crippen LogP contribution in [-0.2, 0) is 20.3 Å². The molecule has 0 amide bonds. The maximum absolute atomic E-state index is 12.5. The van der Waals surface area contributed by atoms with Gasteiger partial charge in [-0.15, -0.1) is 0 Å². The van der Waals surface area contributed by atoms with Crippen LogP contribution in [0.2, 0.25) is 0 Å². The summed E-state index contributed by atoms with van der Waals surface area (Å²) in [4.78, 5) is 12.6. The van der Waals surface area contributed by atoms with Crippen molar-refractivity contribution >= 4 is 16.8 Å². The van der Waals surface area contributed by atoms with Crippen LogP contribution >= 0.6 is 0 Å². The zero-order valence-electron chi connectivity index (χ0n) is 12.7. The molecule has 3 nitrogen and oxygen atoms in total. The molecular formula is C16H24O3S. The van der Waals surface area contributed by atoms with Crippen molar-refractivity contribution in [1.82, 2.24) is 0 Å². The smallest absolute Gasteiger partial charge is 0.322 e. The Bertz CT molecular complexity index is 451. The van der Waals surface area contributed by atoms with Gasteiger partial charge >= 0.3 is 5.97 Å². The molecule has 1 aromatic carbocycles. The lowest BCUT2D eigenvalue weighted by molar-refractivity contribution is -0.142. The van der Waals surface area contributed by atoms with Crippen molar-refractivity contribution in [2.45, 2.75) is 56.6 Å². The Morgan fingerprint density at radius 2 is 1.80 bits per heavy atom. The lowest BCUT2D eigenvalue weighted by Gasteiger charge is -2.15. The highest BCUT2D eigenvalue weighted by atomic mass is 32.2. The molecule has 1 aromatic rings. The van der Waals surface area contributed by atoms with Gasteiger partial charge in [-0.05, 0) is 37.0 Å². The van der Waals surface area contributed by atoms with E-state index in [1.807, 2.05) is 31.2 Å². The quantitative estimate of drug-likeness (QED) is 0.721. The molecule has 0 saturated carbocycles. The van der Waals surface area contributed by atoms with Gasteiger partial charge in [0, 0.05) is 4.90 Å². The molecule has 20 heavy (non-hydrogen) atoms. The molecule has 0 spiro atoms. The molecule has 0 aliphatic carbocycles. The number of carbonyl (C=O) groups excluding carboxylic acids is 1. The summed E-state index contributed by atoms with van der Waals surface area (Å²) in [7, 11) is -1.35. The monoisotopic (exact) mass is 296 g/mol. The van der Waals surface area contributed by atoms with E-state index in [1.54, 1.807) is 6.92 Å². The Kier molecular flexibility index (Phi) is 6.93. The fourth-order valence-electron chi connectivity index (χ4n) is 1.96. The minimum Gasteiger partial charge on any atom is -0.465 e. The van der Waals surface area contributed by atoms with Gasteiger partial charge in [-0.1, -0.05) is 39.3 Å². The average Bonchev–Trinajstić information content (AvgIpc) is 2.44. The number of ether oxygens (including phenoxy) is 1. The van der Waals surface area contributed by atoms with Crippen LogP contribution in [0.4, 0.5) is 0 Å². The van der Waals surface area contributed by atoms with Crippen molar-refractivity contribution in [3.63, 3.8) is 0 Å². The van der Waals surface area contributed by atoms with E-state index in [4.69, 9.17) is 4.74 Å². The summed E-state index contributed by atoms with van der Waals surface area (Å²) in [5.74, 6) is 0.0783. The Morgan fingerprint density at radius 1 is 1.20 bits per heavy atom. The molecule has 2 unspecified atom stereocenters. The van der Waals surface area contributed by atoms with Crippen LogP contribution in [0.15, 0.2) is 29.2 Å². The van der Waals surface area contributed by atoms with Gasteiger partial charge in [-0.2, -0.15) is 0 Å². The summed E-state index contributed by atoms with van der Waals surface area (Å²) in [5, 5.41) is -0.565. The number of benzene rings is 1. The predicted octanol–water partition coefficient (Wildman–Crippen LogP) is 3.65. The fraction of sp³-hybridized carbons (Fsp3) is 0.562. The maximum atomic E-state index is 12.5. The van der Waals surface area contributed by atoms with Crippen molar-refractivity contribution in [1.29, 1.82) is 0 Å². The second-order valence-electron chi connectivity index (χ2n) is 5.05. The fourth-order valence-corrected chi connectivity index (χ4v) is 3.39. The molecule has 2 atom stereocenters. The molecule has 0 saturated heterocycles. The Hall–Kier alpha value is -1.16. The van der Waals surface area contributed by atoms with Gasteiger partial charge < -0.3 is 4.74 Å². The first-order valence-electron chi connectivity index (χ1n) is 7.18. The predicted molar refractivity (Wildman–Crippen MR) is 82.3 cm³/mol. The lowest BCUT2D eigenvalue weighted by Crippen LogP contribution is -2.28. The number of carbonyl (C=O) groups is 1. The van der Waals surface area contributed by atoms with Crippen LogP contribution in [0.3, 0.4) is 0 Å². The third-order valence-corrected chi connectivity index (χ3v) is 4.82. The average molecular weight is 296 g/mol. The zero-order valence-corrected chi connectivity index (χ0v) is 13.5. The third-order valence-electron chi connectivity index (χ3n) is 3.14. The van der Waals surface area contributed by atoms with E-state index < -0.39 is 16.0 Å². The van der Waals surface area contributed by atoms with Gasteiger partial charge in [-0.25, -0.2) is 0 Å². The molecule has 112 valence electrons. The van der Waals surface area contributed by atoms with Gasteiger partial charge in [0.25, 0.3) is 0 Å². The van der Waals surface area contributed by atoms with Crippen molar-refractivity contribution in [3.8, 4) is 0 Å². The first-order chi connectivity index (χ1) is 9.51. The molecule has 0 N–H and O–H groups in total. The molecule has 0 fully saturated rings. The summed E-state index contributed by atoms with van der Waals surface area (Å²) < 4.78 is 17.6. The molecule has 0 bridgehead atoms. The topological polar surface area (TPSA) is 43.4 Å². The minimum absolute atomic E-state index is 0.322. The van der Waals surface area contributed by atoms with E-state index in [0.29, 0.717) is 23.8 Å².